The number of benzene rings is 1. The Morgan fingerprint density at radius 3 is 2.81 bits per heavy atom. The van der Waals surface area contributed by atoms with Crippen LogP contribution in [-0.4, -0.2) is 19.9 Å². The normalized spacial score (nSPS) is 10.8. The average Bonchev–Trinajstić information content (AvgIpc) is 2.72. The molecule has 1 aromatic heterocycles. The molecule has 1 aromatic carbocycles. The summed E-state index contributed by atoms with van der Waals surface area (Å²) in [6, 6.07) is 2.51. The van der Waals surface area contributed by atoms with Gasteiger partial charge in [0.15, 0.2) is 11.6 Å². The van der Waals surface area contributed by atoms with Gasteiger partial charge in [-0.25, -0.2) is 8.78 Å². The molecule has 0 aliphatic rings. The van der Waals surface area contributed by atoms with E-state index in [0.29, 0.717) is 5.56 Å². The molecule has 0 radical (unpaired) electrons. The number of rotatable bonds is 2. The molecule has 0 aliphatic heterocycles. The first-order valence-electron chi connectivity index (χ1n) is 4.60. The van der Waals surface area contributed by atoms with Gasteiger partial charge in [-0.2, -0.15) is 0 Å². The number of aryl methyl sites for hydroxylation is 1. The monoisotopic (exact) mass is 225 g/mol. The second-order valence-electron chi connectivity index (χ2n) is 3.30. The minimum atomic E-state index is -0.724. The predicted molar refractivity (Wildman–Crippen MR) is 51.9 cm³/mol. The van der Waals surface area contributed by atoms with E-state index in [1.165, 1.54) is 13.0 Å². The van der Waals surface area contributed by atoms with Crippen molar-refractivity contribution in [3.63, 3.8) is 0 Å². The number of nitrogens with zero attached hydrogens (tertiary/aromatic N) is 3. The molecular weight excluding hydrogens is 216 g/mol. The van der Waals surface area contributed by atoms with E-state index >= 15 is 0 Å². The van der Waals surface area contributed by atoms with Gasteiger partial charge in [-0.05, 0) is 18.6 Å². The van der Waals surface area contributed by atoms with E-state index in [0.717, 1.165) is 17.0 Å². The molecule has 0 spiro atoms. The van der Waals surface area contributed by atoms with Crippen molar-refractivity contribution < 1.29 is 13.9 Å². The lowest BCUT2D eigenvalue weighted by Crippen LogP contribution is -2.06. The lowest BCUT2D eigenvalue weighted by Gasteiger charge is -2.09. The molecule has 0 bridgehead atoms. The quantitative estimate of drug-likeness (QED) is 0.839. The number of hydrogen-bond acceptors (Lipinski definition) is 3. The van der Waals surface area contributed by atoms with E-state index in [4.69, 9.17) is 5.11 Å². The van der Waals surface area contributed by atoms with Gasteiger partial charge in [-0.3, -0.25) is 4.57 Å². The van der Waals surface area contributed by atoms with Crippen LogP contribution in [0.5, 0.6) is 0 Å². The van der Waals surface area contributed by atoms with E-state index in [1.54, 1.807) is 0 Å². The van der Waals surface area contributed by atoms with Gasteiger partial charge in [0.2, 0.25) is 0 Å². The topological polar surface area (TPSA) is 50.9 Å². The van der Waals surface area contributed by atoms with Crippen molar-refractivity contribution in [2.75, 3.05) is 0 Å². The Morgan fingerprint density at radius 1 is 1.38 bits per heavy atom. The minimum absolute atomic E-state index is 0.0865. The summed E-state index contributed by atoms with van der Waals surface area (Å²) in [4.78, 5) is 0. The highest BCUT2D eigenvalue weighted by atomic mass is 19.1. The summed E-state index contributed by atoms with van der Waals surface area (Å²) in [5.41, 5.74) is 0.0445. The molecule has 6 heteroatoms. The number of aromatic nitrogens is 3. The fourth-order valence-corrected chi connectivity index (χ4v) is 1.42. The molecule has 0 saturated carbocycles. The summed E-state index contributed by atoms with van der Waals surface area (Å²) in [6.07, 6.45) is 1.16. The molecule has 2 aromatic rings. The lowest BCUT2D eigenvalue weighted by atomic mass is 10.2. The zero-order valence-corrected chi connectivity index (χ0v) is 8.48. The Bertz CT molecular complexity index is 525. The highest BCUT2D eigenvalue weighted by molar-refractivity contribution is 5.39. The van der Waals surface area contributed by atoms with Crippen molar-refractivity contribution in [1.29, 1.82) is 0 Å². The van der Waals surface area contributed by atoms with Crippen molar-refractivity contribution in [3.05, 3.63) is 41.5 Å². The minimum Gasteiger partial charge on any atom is -0.388 e. The van der Waals surface area contributed by atoms with Gasteiger partial charge in [0.25, 0.3) is 0 Å². The maximum atomic E-state index is 13.7. The Morgan fingerprint density at radius 2 is 2.12 bits per heavy atom. The van der Waals surface area contributed by atoms with E-state index < -0.39 is 18.2 Å². The van der Waals surface area contributed by atoms with E-state index in [1.807, 2.05) is 0 Å². The van der Waals surface area contributed by atoms with Crippen LogP contribution in [0.25, 0.3) is 5.69 Å². The second kappa shape index (κ2) is 3.97. The first-order chi connectivity index (χ1) is 7.65. The Hall–Kier alpha value is -1.82. The predicted octanol–water partition coefficient (Wildman–Crippen LogP) is 1.35. The first kappa shape index (κ1) is 10.7. The van der Waals surface area contributed by atoms with Crippen LogP contribution in [0.1, 0.15) is 11.4 Å². The number of aliphatic hydroxyl groups is 1. The third kappa shape index (κ3) is 1.57. The largest absolute Gasteiger partial charge is 0.388 e. The van der Waals surface area contributed by atoms with Crippen LogP contribution in [0.3, 0.4) is 0 Å². The van der Waals surface area contributed by atoms with Crippen LogP contribution in [0.15, 0.2) is 18.5 Å². The van der Waals surface area contributed by atoms with Crippen LogP contribution in [0, 0.1) is 18.6 Å². The molecule has 0 amide bonds. The fraction of sp³-hybridized carbons (Fsp3) is 0.200. The highest BCUT2D eigenvalue weighted by Crippen LogP contribution is 2.21. The van der Waals surface area contributed by atoms with Crippen molar-refractivity contribution in [1.82, 2.24) is 14.8 Å². The van der Waals surface area contributed by atoms with Gasteiger partial charge in [0.1, 0.15) is 24.4 Å². The molecule has 1 heterocycles. The maximum Gasteiger partial charge on any atom is 0.163 e. The summed E-state index contributed by atoms with van der Waals surface area (Å²) in [5, 5.41) is 16.0. The first-order valence-corrected chi connectivity index (χ1v) is 4.60. The molecule has 2 rings (SSSR count). The fourth-order valence-electron chi connectivity index (χ4n) is 1.42. The zero-order valence-electron chi connectivity index (χ0n) is 8.48. The van der Waals surface area contributed by atoms with Crippen molar-refractivity contribution >= 4 is 0 Å². The van der Waals surface area contributed by atoms with E-state index in [-0.39, 0.29) is 11.5 Å². The average molecular weight is 225 g/mol. The van der Waals surface area contributed by atoms with E-state index in [2.05, 4.69) is 10.2 Å². The van der Waals surface area contributed by atoms with Crippen molar-refractivity contribution in [2.45, 2.75) is 13.5 Å². The standard InChI is InChI=1S/C10H9F2N3O/c1-6-2-3-7(11)10(9(6)12)15-5-13-14-8(15)4-16/h2-3,5,16H,4H2,1H3. The van der Waals surface area contributed by atoms with Crippen LogP contribution in [-0.2, 0) is 6.61 Å². The number of aliphatic hydroxyl groups excluding tert-OH is 1. The van der Waals surface area contributed by atoms with Gasteiger partial charge in [0, 0.05) is 0 Å². The number of hydrogen-bond donors (Lipinski definition) is 1. The molecule has 0 unspecified atom stereocenters. The second-order valence-corrected chi connectivity index (χ2v) is 3.30. The molecule has 0 aliphatic carbocycles. The van der Waals surface area contributed by atoms with Crippen molar-refractivity contribution in [3.8, 4) is 5.69 Å². The third-order valence-corrected chi connectivity index (χ3v) is 2.26. The number of halogens is 2. The zero-order chi connectivity index (χ0) is 11.7. The summed E-state index contributed by atoms with van der Waals surface area (Å²) >= 11 is 0. The SMILES string of the molecule is Cc1ccc(F)c(-n2cnnc2CO)c1F. The van der Waals surface area contributed by atoms with Crippen molar-refractivity contribution in [2.24, 2.45) is 0 Å². The summed E-state index contributed by atoms with van der Waals surface area (Å²) < 4.78 is 28.4. The lowest BCUT2D eigenvalue weighted by molar-refractivity contribution is 0.268. The van der Waals surface area contributed by atoms with Gasteiger partial charge >= 0.3 is 0 Å². The van der Waals surface area contributed by atoms with Crippen LogP contribution < -0.4 is 0 Å². The van der Waals surface area contributed by atoms with Crippen LogP contribution >= 0.6 is 0 Å². The van der Waals surface area contributed by atoms with E-state index in [9.17, 15) is 8.78 Å². The van der Waals surface area contributed by atoms with Gasteiger partial charge in [-0.15, -0.1) is 10.2 Å². The van der Waals surface area contributed by atoms with Crippen LogP contribution in [0.2, 0.25) is 0 Å². The van der Waals surface area contributed by atoms with Gasteiger partial charge in [-0.1, -0.05) is 6.07 Å². The Balaban J connectivity index is 2.68. The van der Waals surface area contributed by atoms with Crippen LogP contribution in [0.4, 0.5) is 8.78 Å². The molecule has 0 fully saturated rings. The molecular formula is C10H9F2N3O. The molecule has 0 atom stereocenters. The molecule has 1 N–H and O–H groups in total. The maximum absolute atomic E-state index is 13.7. The molecule has 4 nitrogen and oxygen atoms in total. The summed E-state index contributed by atoms with van der Waals surface area (Å²) in [7, 11) is 0. The molecule has 0 saturated heterocycles. The Labute approximate surface area is 90.2 Å². The summed E-state index contributed by atoms with van der Waals surface area (Å²) in [5.74, 6) is -1.32. The Kier molecular flexibility index (Phi) is 2.66. The third-order valence-electron chi connectivity index (χ3n) is 2.26. The molecule has 84 valence electrons. The highest BCUT2D eigenvalue weighted by Gasteiger charge is 2.16. The summed E-state index contributed by atoms with van der Waals surface area (Å²) in [6.45, 7) is 1.09. The molecule has 16 heavy (non-hydrogen) atoms. The van der Waals surface area contributed by atoms with Gasteiger partial charge < -0.3 is 5.11 Å². The van der Waals surface area contributed by atoms with Gasteiger partial charge in [0.05, 0.1) is 0 Å². The smallest absolute Gasteiger partial charge is 0.163 e.